The molecule has 21 heavy (non-hydrogen) atoms. The van der Waals surface area contributed by atoms with Gasteiger partial charge in [-0.25, -0.2) is 9.18 Å². The van der Waals surface area contributed by atoms with Crippen molar-refractivity contribution in [3.05, 3.63) is 41.2 Å². The fraction of sp³-hybridized carbons (Fsp3) is 0.471. The lowest BCUT2D eigenvalue weighted by molar-refractivity contribution is -0.131. The van der Waals surface area contributed by atoms with Gasteiger partial charge in [0.15, 0.2) is 0 Å². The predicted molar refractivity (Wildman–Crippen MR) is 81.3 cm³/mol. The third-order valence-electron chi connectivity index (χ3n) is 4.07. The highest BCUT2D eigenvalue weighted by Crippen LogP contribution is 2.27. The minimum Gasteiger partial charge on any atom is -0.478 e. The molecule has 1 aromatic rings. The average molecular weight is 291 g/mol. The van der Waals surface area contributed by atoms with Crippen LogP contribution in [0.4, 0.5) is 4.39 Å². The Hall–Kier alpha value is -1.68. The number of nitrogens with zero attached hydrogens (tertiary/aromatic N) is 1. The molecule has 0 radical (unpaired) electrons. The molecule has 1 aromatic carbocycles. The largest absolute Gasteiger partial charge is 0.478 e. The Morgan fingerprint density at radius 2 is 2.29 bits per heavy atom. The molecule has 1 N–H and O–H groups in total. The molecule has 4 heteroatoms. The van der Waals surface area contributed by atoms with Crippen LogP contribution in [0.5, 0.6) is 0 Å². The van der Waals surface area contributed by atoms with Gasteiger partial charge in [-0.05, 0) is 54.6 Å². The van der Waals surface area contributed by atoms with E-state index in [0.717, 1.165) is 24.7 Å². The van der Waals surface area contributed by atoms with Crippen molar-refractivity contribution in [3.63, 3.8) is 0 Å². The molecule has 1 unspecified atom stereocenters. The number of halogens is 1. The van der Waals surface area contributed by atoms with Gasteiger partial charge in [0.25, 0.3) is 0 Å². The van der Waals surface area contributed by atoms with Crippen molar-refractivity contribution in [1.82, 2.24) is 4.90 Å². The first kappa shape index (κ1) is 15.7. The second kappa shape index (κ2) is 6.85. The Morgan fingerprint density at radius 3 is 2.95 bits per heavy atom. The van der Waals surface area contributed by atoms with Gasteiger partial charge in [0, 0.05) is 18.7 Å². The fourth-order valence-corrected chi connectivity index (χ4v) is 3.05. The van der Waals surface area contributed by atoms with E-state index in [9.17, 15) is 9.18 Å². The number of benzene rings is 1. The minimum atomic E-state index is -1.02. The number of aliphatic carboxylic acids is 1. The quantitative estimate of drug-likeness (QED) is 0.844. The lowest BCUT2D eigenvalue weighted by atomic mass is 10.0. The smallest absolute Gasteiger partial charge is 0.328 e. The highest BCUT2D eigenvalue weighted by molar-refractivity contribution is 5.85. The molecule has 1 fully saturated rings. The first-order valence-electron chi connectivity index (χ1n) is 7.41. The molecule has 1 aliphatic heterocycles. The molecule has 1 saturated heterocycles. The first-order valence-corrected chi connectivity index (χ1v) is 7.41. The summed E-state index contributed by atoms with van der Waals surface area (Å²) < 4.78 is 13.4. The van der Waals surface area contributed by atoms with Gasteiger partial charge in [0.1, 0.15) is 5.82 Å². The van der Waals surface area contributed by atoms with Gasteiger partial charge in [-0.1, -0.05) is 19.9 Å². The lowest BCUT2D eigenvalue weighted by Gasteiger charge is -2.28. The van der Waals surface area contributed by atoms with E-state index in [1.165, 1.54) is 31.1 Å². The Kier molecular flexibility index (Phi) is 5.12. The van der Waals surface area contributed by atoms with Crippen LogP contribution in [-0.4, -0.2) is 28.6 Å². The van der Waals surface area contributed by atoms with Crippen LogP contribution >= 0.6 is 0 Å². The molecule has 1 heterocycles. The molecular weight excluding hydrogens is 269 g/mol. The maximum atomic E-state index is 13.4. The van der Waals surface area contributed by atoms with E-state index in [1.54, 1.807) is 6.07 Å². The normalized spacial score (nSPS) is 19.7. The molecule has 114 valence electrons. The molecule has 0 aromatic heterocycles. The van der Waals surface area contributed by atoms with Gasteiger partial charge in [-0.3, -0.25) is 4.90 Å². The number of likely N-dealkylation sites (tertiary alicyclic amines) is 1. The van der Waals surface area contributed by atoms with Crippen LogP contribution in [0.3, 0.4) is 0 Å². The van der Waals surface area contributed by atoms with Gasteiger partial charge < -0.3 is 5.11 Å². The average Bonchev–Trinajstić information content (AvgIpc) is 2.87. The van der Waals surface area contributed by atoms with Gasteiger partial charge in [0.2, 0.25) is 0 Å². The van der Waals surface area contributed by atoms with E-state index in [0.29, 0.717) is 17.5 Å². The number of carbonyl (C=O) groups is 1. The van der Waals surface area contributed by atoms with Gasteiger partial charge in [0.05, 0.1) is 0 Å². The van der Waals surface area contributed by atoms with Gasteiger partial charge >= 0.3 is 5.97 Å². The zero-order valence-electron chi connectivity index (χ0n) is 12.6. The Balaban J connectivity index is 2.21. The zero-order valence-corrected chi connectivity index (χ0v) is 12.6. The summed E-state index contributed by atoms with van der Waals surface area (Å²) in [5, 5.41) is 8.74. The second-order valence-corrected chi connectivity index (χ2v) is 5.94. The van der Waals surface area contributed by atoms with Crippen LogP contribution in [0.1, 0.15) is 37.8 Å². The Bertz CT molecular complexity index is 540. The van der Waals surface area contributed by atoms with E-state index in [2.05, 4.69) is 18.7 Å². The lowest BCUT2D eigenvalue weighted by Crippen LogP contribution is -2.33. The van der Waals surface area contributed by atoms with E-state index in [1.807, 2.05) is 0 Å². The van der Waals surface area contributed by atoms with Crippen LogP contribution < -0.4 is 0 Å². The standard InChI is InChI=1S/C17H22FNO2/c1-12(2)16-4-3-9-19(16)11-14-5-7-15(18)10-13(14)6-8-17(20)21/h5-8,10,12,16H,3-4,9,11H2,1-2H3,(H,20,21). The summed E-state index contributed by atoms with van der Waals surface area (Å²) >= 11 is 0. The van der Waals surface area contributed by atoms with E-state index >= 15 is 0 Å². The molecular formula is C17H22FNO2. The highest BCUT2D eigenvalue weighted by atomic mass is 19.1. The van der Waals surface area contributed by atoms with Crippen LogP contribution in [0, 0.1) is 11.7 Å². The third kappa shape index (κ3) is 4.14. The van der Waals surface area contributed by atoms with Crippen molar-refractivity contribution in [2.24, 2.45) is 5.92 Å². The van der Waals surface area contributed by atoms with Gasteiger partial charge in [-0.15, -0.1) is 0 Å². The number of rotatable bonds is 5. The highest BCUT2D eigenvalue weighted by Gasteiger charge is 2.27. The van der Waals surface area contributed by atoms with Crippen molar-refractivity contribution in [1.29, 1.82) is 0 Å². The molecule has 0 saturated carbocycles. The molecule has 2 rings (SSSR count). The zero-order chi connectivity index (χ0) is 15.4. The van der Waals surface area contributed by atoms with Crippen LogP contribution in [0.15, 0.2) is 24.3 Å². The molecule has 0 aliphatic carbocycles. The van der Waals surface area contributed by atoms with Crippen molar-refractivity contribution in [2.45, 2.75) is 39.3 Å². The summed E-state index contributed by atoms with van der Waals surface area (Å²) in [5.74, 6) is -0.775. The maximum Gasteiger partial charge on any atom is 0.328 e. The number of carboxylic acid groups (broad SMARTS) is 1. The third-order valence-corrected chi connectivity index (χ3v) is 4.07. The predicted octanol–water partition coefficient (Wildman–Crippen LogP) is 3.54. The molecule has 0 amide bonds. The SMILES string of the molecule is CC(C)C1CCCN1Cc1ccc(F)cc1C=CC(=O)O. The fourth-order valence-electron chi connectivity index (χ4n) is 3.05. The van der Waals surface area contributed by atoms with Crippen molar-refractivity contribution >= 4 is 12.0 Å². The Labute approximate surface area is 125 Å². The van der Waals surface area contributed by atoms with Crippen LogP contribution in [-0.2, 0) is 11.3 Å². The van der Waals surface area contributed by atoms with E-state index in [-0.39, 0.29) is 5.82 Å². The summed E-state index contributed by atoms with van der Waals surface area (Å²) in [6.07, 6.45) is 4.91. The van der Waals surface area contributed by atoms with Crippen molar-refractivity contribution in [2.75, 3.05) is 6.54 Å². The molecule has 1 aliphatic rings. The summed E-state index contributed by atoms with van der Waals surface area (Å²) in [5.41, 5.74) is 1.62. The topological polar surface area (TPSA) is 40.5 Å². The molecule has 1 atom stereocenters. The number of hydrogen-bond donors (Lipinski definition) is 1. The number of carboxylic acids is 1. The first-order chi connectivity index (χ1) is 9.97. The summed E-state index contributed by atoms with van der Waals surface area (Å²) in [7, 11) is 0. The summed E-state index contributed by atoms with van der Waals surface area (Å²) in [4.78, 5) is 13.1. The van der Waals surface area contributed by atoms with Crippen LogP contribution in [0.2, 0.25) is 0 Å². The van der Waals surface area contributed by atoms with Crippen molar-refractivity contribution < 1.29 is 14.3 Å². The monoisotopic (exact) mass is 291 g/mol. The minimum absolute atomic E-state index is 0.342. The summed E-state index contributed by atoms with van der Waals surface area (Å²) in [6.45, 7) is 6.22. The van der Waals surface area contributed by atoms with Gasteiger partial charge in [-0.2, -0.15) is 0 Å². The molecule has 0 spiro atoms. The summed E-state index contributed by atoms with van der Waals surface area (Å²) in [6, 6.07) is 5.14. The van der Waals surface area contributed by atoms with E-state index in [4.69, 9.17) is 5.11 Å². The number of hydrogen-bond acceptors (Lipinski definition) is 2. The molecule has 3 nitrogen and oxygen atoms in total. The van der Waals surface area contributed by atoms with Crippen LogP contribution in [0.25, 0.3) is 6.08 Å². The maximum absolute atomic E-state index is 13.4. The Morgan fingerprint density at radius 1 is 1.52 bits per heavy atom. The van der Waals surface area contributed by atoms with Crippen molar-refractivity contribution in [3.8, 4) is 0 Å². The molecule has 0 bridgehead atoms. The van der Waals surface area contributed by atoms with E-state index < -0.39 is 5.97 Å². The second-order valence-electron chi connectivity index (χ2n) is 5.94.